The van der Waals surface area contributed by atoms with Crippen LogP contribution < -0.4 is 5.73 Å². The highest BCUT2D eigenvalue weighted by atomic mass is 15.3. The van der Waals surface area contributed by atoms with E-state index in [1.807, 2.05) is 26.0 Å². The van der Waals surface area contributed by atoms with E-state index >= 15 is 0 Å². The lowest BCUT2D eigenvalue weighted by Gasteiger charge is -2.07. The predicted molar refractivity (Wildman–Crippen MR) is 60.0 cm³/mol. The minimum Gasteiger partial charge on any atom is -0.395 e. The number of aromatic nitrogens is 3. The van der Waals surface area contributed by atoms with E-state index in [-0.39, 0.29) is 0 Å². The van der Waals surface area contributed by atoms with Gasteiger partial charge in [-0.2, -0.15) is 10.4 Å². The first-order valence-corrected chi connectivity index (χ1v) is 4.81. The number of anilines is 1. The van der Waals surface area contributed by atoms with Crippen molar-refractivity contribution in [3.8, 4) is 11.9 Å². The quantitative estimate of drug-likeness (QED) is 0.775. The van der Waals surface area contributed by atoms with Gasteiger partial charge in [-0.1, -0.05) is 0 Å². The molecule has 0 radical (unpaired) electrons. The standard InChI is InChI=1S/C11H11N5/c1-7-5-8(2)16(15-7)11-10(13)9(6-12)3-4-14-11/h3-5H,13H2,1-2H3. The monoisotopic (exact) mass is 213 g/mol. The summed E-state index contributed by atoms with van der Waals surface area (Å²) >= 11 is 0. The number of rotatable bonds is 1. The second-order valence-corrected chi connectivity index (χ2v) is 3.55. The highest BCUT2D eigenvalue weighted by Crippen LogP contribution is 2.19. The van der Waals surface area contributed by atoms with Crippen LogP contribution in [0.1, 0.15) is 17.0 Å². The van der Waals surface area contributed by atoms with Gasteiger partial charge in [0.1, 0.15) is 6.07 Å². The summed E-state index contributed by atoms with van der Waals surface area (Å²) in [5.74, 6) is 0.504. The summed E-state index contributed by atoms with van der Waals surface area (Å²) in [4.78, 5) is 4.16. The van der Waals surface area contributed by atoms with Gasteiger partial charge in [-0.3, -0.25) is 0 Å². The molecule has 5 heteroatoms. The van der Waals surface area contributed by atoms with Crippen molar-refractivity contribution in [2.75, 3.05) is 5.73 Å². The fourth-order valence-corrected chi connectivity index (χ4v) is 1.57. The Labute approximate surface area is 93.1 Å². The molecule has 0 saturated carbocycles. The molecule has 0 unspecified atom stereocenters. The Morgan fingerprint density at radius 1 is 1.44 bits per heavy atom. The van der Waals surface area contributed by atoms with Crippen LogP contribution in [-0.2, 0) is 0 Å². The molecule has 2 heterocycles. The van der Waals surface area contributed by atoms with Gasteiger partial charge in [0, 0.05) is 11.9 Å². The average molecular weight is 213 g/mol. The minimum atomic E-state index is 0.358. The van der Waals surface area contributed by atoms with Gasteiger partial charge in [0.2, 0.25) is 0 Å². The topological polar surface area (TPSA) is 80.5 Å². The van der Waals surface area contributed by atoms with E-state index in [9.17, 15) is 0 Å². The zero-order chi connectivity index (χ0) is 11.7. The van der Waals surface area contributed by atoms with Crippen molar-refractivity contribution in [1.82, 2.24) is 14.8 Å². The molecular formula is C11H11N5. The summed E-state index contributed by atoms with van der Waals surface area (Å²) in [6.07, 6.45) is 1.56. The highest BCUT2D eigenvalue weighted by molar-refractivity contribution is 5.63. The first-order valence-electron chi connectivity index (χ1n) is 4.81. The smallest absolute Gasteiger partial charge is 0.178 e. The van der Waals surface area contributed by atoms with Gasteiger partial charge < -0.3 is 5.73 Å². The molecule has 0 atom stereocenters. The van der Waals surface area contributed by atoms with Crippen molar-refractivity contribution >= 4 is 5.69 Å². The van der Waals surface area contributed by atoms with E-state index in [0.29, 0.717) is 17.1 Å². The Kier molecular flexibility index (Phi) is 2.33. The molecule has 0 spiro atoms. The molecule has 2 aromatic rings. The summed E-state index contributed by atoms with van der Waals surface area (Å²) in [6.45, 7) is 3.81. The average Bonchev–Trinajstić information content (AvgIpc) is 2.58. The van der Waals surface area contributed by atoms with Crippen molar-refractivity contribution in [3.05, 3.63) is 35.3 Å². The van der Waals surface area contributed by atoms with Gasteiger partial charge in [0.25, 0.3) is 0 Å². The Morgan fingerprint density at radius 2 is 2.19 bits per heavy atom. The number of nitrogens with zero attached hydrogens (tertiary/aromatic N) is 4. The third-order valence-electron chi connectivity index (χ3n) is 2.30. The zero-order valence-electron chi connectivity index (χ0n) is 9.10. The van der Waals surface area contributed by atoms with Crippen LogP contribution >= 0.6 is 0 Å². The molecule has 2 N–H and O–H groups in total. The van der Waals surface area contributed by atoms with E-state index in [4.69, 9.17) is 11.0 Å². The van der Waals surface area contributed by atoms with E-state index < -0.39 is 0 Å². The van der Waals surface area contributed by atoms with Crippen molar-refractivity contribution in [1.29, 1.82) is 5.26 Å². The normalized spacial score (nSPS) is 10.1. The Hall–Kier alpha value is -2.35. The van der Waals surface area contributed by atoms with Crippen LogP contribution in [0, 0.1) is 25.2 Å². The van der Waals surface area contributed by atoms with Crippen LogP contribution in [0.5, 0.6) is 0 Å². The van der Waals surface area contributed by atoms with Crippen LogP contribution in [-0.4, -0.2) is 14.8 Å². The SMILES string of the molecule is Cc1cc(C)n(-c2nccc(C#N)c2N)n1. The summed E-state index contributed by atoms with van der Waals surface area (Å²) in [5, 5.41) is 13.2. The molecule has 0 amide bonds. The Bertz CT molecular complexity index is 577. The van der Waals surface area contributed by atoms with Gasteiger partial charge in [-0.05, 0) is 26.0 Å². The predicted octanol–water partition coefficient (Wildman–Crippen LogP) is 1.34. The number of hydrogen-bond donors (Lipinski definition) is 1. The number of hydrogen-bond acceptors (Lipinski definition) is 4. The molecule has 5 nitrogen and oxygen atoms in total. The molecule has 16 heavy (non-hydrogen) atoms. The van der Waals surface area contributed by atoms with Crippen LogP contribution in [0.4, 0.5) is 5.69 Å². The lowest BCUT2D eigenvalue weighted by molar-refractivity contribution is 0.808. The van der Waals surface area contributed by atoms with Crippen molar-refractivity contribution in [2.45, 2.75) is 13.8 Å². The number of nitrogens with two attached hydrogens (primary N) is 1. The zero-order valence-corrected chi connectivity index (χ0v) is 9.10. The second-order valence-electron chi connectivity index (χ2n) is 3.55. The van der Waals surface area contributed by atoms with E-state index in [0.717, 1.165) is 11.4 Å². The van der Waals surface area contributed by atoms with Crippen molar-refractivity contribution < 1.29 is 0 Å². The molecule has 2 rings (SSSR count). The molecule has 0 saturated heterocycles. The Balaban J connectivity index is 2.66. The van der Waals surface area contributed by atoms with Gasteiger partial charge in [0.15, 0.2) is 5.82 Å². The molecule has 0 fully saturated rings. The third-order valence-corrected chi connectivity index (χ3v) is 2.30. The van der Waals surface area contributed by atoms with Gasteiger partial charge in [-0.15, -0.1) is 0 Å². The fourth-order valence-electron chi connectivity index (χ4n) is 1.57. The first kappa shape index (κ1) is 10.2. The van der Waals surface area contributed by atoms with E-state index in [1.54, 1.807) is 16.9 Å². The van der Waals surface area contributed by atoms with E-state index in [2.05, 4.69) is 10.1 Å². The molecule has 80 valence electrons. The second kappa shape index (κ2) is 3.66. The molecule has 0 aliphatic rings. The molecule has 2 aromatic heterocycles. The third kappa shape index (κ3) is 1.50. The van der Waals surface area contributed by atoms with Gasteiger partial charge in [0.05, 0.1) is 16.9 Å². The summed E-state index contributed by atoms with van der Waals surface area (Å²) < 4.78 is 1.64. The molecule has 0 aliphatic heterocycles. The summed E-state index contributed by atoms with van der Waals surface area (Å²) in [6, 6.07) is 5.54. The number of pyridine rings is 1. The molecule has 0 aliphatic carbocycles. The highest BCUT2D eigenvalue weighted by Gasteiger charge is 2.11. The molecular weight excluding hydrogens is 202 g/mol. The first-order chi connectivity index (χ1) is 7.63. The maximum atomic E-state index is 8.88. The summed E-state index contributed by atoms with van der Waals surface area (Å²) in [5.41, 5.74) is 8.46. The fraction of sp³-hybridized carbons (Fsp3) is 0.182. The lowest BCUT2D eigenvalue weighted by atomic mass is 10.2. The maximum Gasteiger partial charge on any atom is 0.178 e. The Morgan fingerprint density at radius 3 is 2.75 bits per heavy atom. The molecule has 0 aromatic carbocycles. The van der Waals surface area contributed by atoms with E-state index in [1.165, 1.54) is 0 Å². The van der Waals surface area contributed by atoms with Crippen LogP contribution in [0.15, 0.2) is 18.3 Å². The lowest BCUT2D eigenvalue weighted by Crippen LogP contribution is -2.07. The van der Waals surface area contributed by atoms with Crippen molar-refractivity contribution in [3.63, 3.8) is 0 Å². The van der Waals surface area contributed by atoms with Crippen LogP contribution in [0.3, 0.4) is 0 Å². The van der Waals surface area contributed by atoms with Gasteiger partial charge in [-0.25, -0.2) is 9.67 Å². The number of aryl methyl sites for hydroxylation is 2. The van der Waals surface area contributed by atoms with Crippen LogP contribution in [0.25, 0.3) is 5.82 Å². The number of nitriles is 1. The molecule has 0 bridgehead atoms. The number of nitrogen functional groups attached to an aromatic ring is 1. The maximum absolute atomic E-state index is 8.88. The minimum absolute atomic E-state index is 0.358. The van der Waals surface area contributed by atoms with Crippen LogP contribution in [0.2, 0.25) is 0 Å². The van der Waals surface area contributed by atoms with Gasteiger partial charge >= 0.3 is 0 Å². The van der Waals surface area contributed by atoms with Crippen molar-refractivity contribution in [2.24, 2.45) is 0 Å². The summed E-state index contributed by atoms with van der Waals surface area (Å²) in [7, 11) is 0. The largest absolute Gasteiger partial charge is 0.395 e.